The van der Waals surface area contributed by atoms with E-state index < -0.39 is 0 Å². The Labute approximate surface area is 160 Å². The van der Waals surface area contributed by atoms with Gasteiger partial charge in [0, 0.05) is 31.6 Å². The fraction of sp³-hybridized carbons (Fsp3) is 0.455. The molecule has 1 saturated carbocycles. The Kier molecular flexibility index (Phi) is 5.56. The lowest BCUT2D eigenvalue weighted by Gasteiger charge is -2.23. The Balaban J connectivity index is 1.33. The Morgan fingerprint density at radius 2 is 1.93 bits per heavy atom. The molecule has 1 N–H and O–H groups in total. The average Bonchev–Trinajstić information content (AvgIpc) is 3.18. The number of nitrogens with one attached hydrogen (secondary N) is 1. The minimum atomic E-state index is -0.0648. The van der Waals surface area contributed by atoms with E-state index >= 15 is 0 Å². The zero-order valence-electron chi connectivity index (χ0n) is 15.9. The minimum absolute atomic E-state index is 0.0648. The van der Waals surface area contributed by atoms with Crippen molar-refractivity contribution in [2.75, 3.05) is 12.4 Å². The predicted molar refractivity (Wildman–Crippen MR) is 107 cm³/mol. The van der Waals surface area contributed by atoms with Crippen LogP contribution in [0.5, 0.6) is 5.75 Å². The molecular weight excluding hydrogens is 338 g/mol. The van der Waals surface area contributed by atoms with E-state index in [0.717, 1.165) is 35.7 Å². The van der Waals surface area contributed by atoms with E-state index in [1.807, 2.05) is 19.2 Å². The van der Waals surface area contributed by atoms with Crippen molar-refractivity contribution in [2.45, 2.75) is 57.2 Å². The van der Waals surface area contributed by atoms with Gasteiger partial charge in [-0.3, -0.25) is 0 Å². The number of pyridine rings is 1. The van der Waals surface area contributed by atoms with Gasteiger partial charge in [-0.15, -0.1) is 0 Å². The van der Waals surface area contributed by atoms with Gasteiger partial charge in [0.05, 0.1) is 11.8 Å². The number of anilines is 1. The van der Waals surface area contributed by atoms with Crippen molar-refractivity contribution >= 4 is 11.5 Å². The van der Waals surface area contributed by atoms with E-state index in [2.05, 4.69) is 39.7 Å². The zero-order valence-corrected chi connectivity index (χ0v) is 15.9. The second-order valence-corrected chi connectivity index (χ2v) is 7.35. The number of hydrogen-bond donors (Lipinski definition) is 1. The summed E-state index contributed by atoms with van der Waals surface area (Å²) in [5.41, 5.74) is 3.34. The summed E-state index contributed by atoms with van der Waals surface area (Å²) in [6, 6.07) is 12.4. The van der Waals surface area contributed by atoms with E-state index in [0.29, 0.717) is 6.10 Å². The molecule has 0 bridgehead atoms. The van der Waals surface area contributed by atoms with Crippen LogP contribution in [0.3, 0.4) is 0 Å². The molecule has 0 amide bonds. The molecule has 1 fully saturated rings. The average molecular weight is 365 g/mol. The highest BCUT2D eigenvalue weighted by atomic mass is 16.6. The van der Waals surface area contributed by atoms with Gasteiger partial charge in [-0.1, -0.05) is 23.7 Å². The molecular formula is C22H27N3O2. The van der Waals surface area contributed by atoms with Gasteiger partial charge in [-0.25, -0.2) is 4.98 Å². The molecule has 27 heavy (non-hydrogen) atoms. The van der Waals surface area contributed by atoms with Crippen LogP contribution >= 0.6 is 0 Å². The van der Waals surface area contributed by atoms with E-state index in [1.165, 1.54) is 37.7 Å². The molecule has 5 nitrogen and oxygen atoms in total. The second-order valence-electron chi connectivity index (χ2n) is 7.35. The van der Waals surface area contributed by atoms with Crippen LogP contribution in [-0.4, -0.2) is 23.8 Å². The monoisotopic (exact) mass is 365 g/mol. The molecule has 0 spiro atoms. The van der Waals surface area contributed by atoms with Crippen LogP contribution in [-0.2, 0) is 11.3 Å². The van der Waals surface area contributed by atoms with Crippen LogP contribution < -0.4 is 10.1 Å². The predicted octanol–water partition coefficient (Wildman–Crippen LogP) is 4.89. The van der Waals surface area contributed by atoms with E-state index in [4.69, 9.17) is 9.57 Å². The number of aromatic nitrogens is 1. The van der Waals surface area contributed by atoms with Crippen LogP contribution in [0.25, 0.3) is 0 Å². The zero-order chi connectivity index (χ0) is 18.5. The van der Waals surface area contributed by atoms with Gasteiger partial charge in [0.1, 0.15) is 11.6 Å². The minimum Gasteiger partial charge on any atom is -0.490 e. The van der Waals surface area contributed by atoms with Crippen molar-refractivity contribution in [3.63, 3.8) is 0 Å². The maximum absolute atomic E-state index is 6.11. The molecule has 1 aromatic heterocycles. The van der Waals surface area contributed by atoms with E-state index in [9.17, 15) is 0 Å². The standard InChI is InChI=1S/C22H27N3O2/c1-23-22-20(8-5-13-24-22)21-15-17(25-27-21)14-16-9-11-19(12-10-16)26-18-6-3-2-4-7-18/h5,8-13,18,21H,2-4,6-7,14-15H2,1H3,(H,23,24). The van der Waals surface area contributed by atoms with Crippen molar-refractivity contribution in [1.82, 2.24) is 4.98 Å². The van der Waals surface area contributed by atoms with Gasteiger partial charge in [0.2, 0.25) is 0 Å². The van der Waals surface area contributed by atoms with Gasteiger partial charge in [-0.2, -0.15) is 0 Å². The summed E-state index contributed by atoms with van der Waals surface area (Å²) >= 11 is 0. The molecule has 0 saturated heterocycles. The summed E-state index contributed by atoms with van der Waals surface area (Å²) in [4.78, 5) is 10.0. The first-order chi connectivity index (χ1) is 13.3. The third-order valence-corrected chi connectivity index (χ3v) is 5.34. The van der Waals surface area contributed by atoms with Crippen LogP contribution in [0.15, 0.2) is 47.8 Å². The summed E-state index contributed by atoms with van der Waals surface area (Å²) in [5, 5.41) is 7.43. The smallest absolute Gasteiger partial charge is 0.161 e. The van der Waals surface area contributed by atoms with Gasteiger partial charge in [0.25, 0.3) is 0 Å². The first-order valence-electron chi connectivity index (χ1n) is 9.91. The molecule has 4 rings (SSSR count). The first kappa shape index (κ1) is 17.8. The van der Waals surface area contributed by atoms with Crippen LogP contribution in [0.2, 0.25) is 0 Å². The van der Waals surface area contributed by atoms with Gasteiger partial charge < -0.3 is 14.9 Å². The SMILES string of the molecule is CNc1ncccc1C1CC(Cc2ccc(OC3CCCCC3)cc2)=NO1. The lowest BCUT2D eigenvalue weighted by Crippen LogP contribution is -2.19. The highest BCUT2D eigenvalue weighted by Gasteiger charge is 2.25. The summed E-state index contributed by atoms with van der Waals surface area (Å²) in [6.07, 6.45) is 9.98. The van der Waals surface area contributed by atoms with Crippen molar-refractivity contribution in [1.29, 1.82) is 0 Å². The molecule has 0 radical (unpaired) electrons. The van der Waals surface area contributed by atoms with Crippen LogP contribution in [0.1, 0.15) is 55.8 Å². The summed E-state index contributed by atoms with van der Waals surface area (Å²) in [7, 11) is 1.87. The van der Waals surface area contributed by atoms with Crippen molar-refractivity contribution in [2.24, 2.45) is 5.16 Å². The number of nitrogens with zero attached hydrogens (tertiary/aromatic N) is 2. The molecule has 2 aliphatic rings. The second kappa shape index (κ2) is 8.42. The number of oxime groups is 1. The Bertz CT molecular complexity index is 782. The first-order valence-corrected chi connectivity index (χ1v) is 9.91. The Hall–Kier alpha value is -2.56. The van der Waals surface area contributed by atoms with Gasteiger partial charge >= 0.3 is 0 Å². The Morgan fingerprint density at radius 3 is 2.70 bits per heavy atom. The lowest BCUT2D eigenvalue weighted by molar-refractivity contribution is 0.0860. The normalized spacial score (nSPS) is 20.0. The number of hydrogen-bond acceptors (Lipinski definition) is 5. The molecule has 1 aliphatic heterocycles. The molecule has 5 heteroatoms. The third kappa shape index (κ3) is 4.41. The van der Waals surface area contributed by atoms with Crippen molar-refractivity contribution in [3.05, 3.63) is 53.7 Å². The van der Waals surface area contributed by atoms with E-state index in [-0.39, 0.29) is 6.10 Å². The largest absolute Gasteiger partial charge is 0.490 e. The molecule has 2 aromatic rings. The molecule has 142 valence electrons. The summed E-state index contributed by atoms with van der Waals surface area (Å²) in [6.45, 7) is 0. The topological polar surface area (TPSA) is 55.7 Å². The molecule has 1 unspecified atom stereocenters. The van der Waals surface area contributed by atoms with E-state index in [1.54, 1.807) is 6.20 Å². The van der Waals surface area contributed by atoms with Crippen molar-refractivity contribution in [3.8, 4) is 5.75 Å². The highest BCUT2D eigenvalue weighted by molar-refractivity contribution is 5.87. The molecule has 1 aromatic carbocycles. The quantitative estimate of drug-likeness (QED) is 0.791. The van der Waals surface area contributed by atoms with Crippen LogP contribution in [0.4, 0.5) is 5.82 Å². The fourth-order valence-electron chi connectivity index (χ4n) is 3.88. The van der Waals surface area contributed by atoms with Crippen LogP contribution in [0, 0.1) is 0 Å². The lowest BCUT2D eigenvalue weighted by atomic mass is 9.97. The Morgan fingerprint density at radius 1 is 1.11 bits per heavy atom. The summed E-state index contributed by atoms with van der Waals surface area (Å²) in [5.74, 6) is 1.82. The summed E-state index contributed by atoms with van der Waals surface area (Å²) < 4.78 is 6.11. The third-order valence-electron chi connectivity index (χ3n) is 5.34. The van der Waals surface area contributed by atoms with Gasteiger partial charge in [0.15, 0.2) is 6.10 Å². The van der Waals surface area contributed by atoms with Crippen molar-refractivity contribution < 1.29 is 9.57 Å². The number of ether oxygens (including phenoxy) is 1. The fourth-order valence-corrected chi connectivity index (χ4v) is 3.88. The maximum Gasteiger partial charge on any atom is 0.161 e. The maximum atomic E-state index is 6.11. The highest BCUT2D eigenvalue weighted by Crippen LogP contribution is 2.32. The number of rotatable bonds is 6. The molecule has 1 atom stereocenters. The molecule has 2 heterocycles. The molecule has 1 aliphatic carbocycles. The number of benzene rings is 1. The van der Waals surface area contributed by atoms with Gasteiger partial charge in [-0.05, 0) is 55.5 Å².